The Hall–Kier alpha value is -3.44. The first-order valence-corrected chi connectivity index (χ1v) is 8.95. The number of ketones is 2. The number of aliphatic hydroxyl groups is 1. The highest BCUT2D eigenvalue weighted by molar-refractivity contribution is 6.23. The average Bonchev–Trinajstić information content (AvgIpc) is 3.06. The maximum atomic E-state index is 13.4. The second-order valence-corrected chi connectivity index (χ2v) is 7.24. The molecule has 5 heteroatoms. The Morgan fingerprint density at radius 1 is 1.04 bits per heavy atom. The van der Waals surface area contributed by atoms with E-state index >= 15 is 0 Å². The van der Waals surface area contributed by atoms with E-state index in [1.807, 2.05) is 18.2 Å². The Balaban J connectivity index is 1.94. The molecule has 0 spiro atoms. The number of Topliss-reactive ketones (excluding diaryl/α,β-unsaturated/α-hetero) is 2. The van der Waals surface area contributed by atoms with Gasteiger partial charge >= 0.3 is 0 Å². The van der Waals surface area contributed by atoms with E-state index in [-0.39, 0.29) is 23.5 Å². The predicted molar refractivity (Wildman–Crippen MR) is 104 cm³/mol. The van der Waals surface area contributed by atoms with Crippen molar-refractivity contribution in [1.82, 2.24) is 0 Å². The molecule has 5 nitrogen and oxygen atoms in total. The lowest BCUT2D eigenvalue weighted by molar-refractivity contribution is -0.120. The van der Waals surface area contributed by atoms with Crippen LogP contribution in [0.15, 0.2) is 59.0 Å². The van der Waals surface area contributed by atoms with Crippen molar-refractivity contribution >= 4 is 33.3 Å². The summed E-state index contributed by atoms with van der Waals surface area (Å²) in [5, 5.41) is 23.5. The second-order valence-electron chi connectivity index (χ2n) is 7.24. The van der Waals surface area contributed by atoms with Crippen LogP contribution in [0.25, 0.3) is 33.1 Å². The van der Waals surface area contributed by atoms with E-state index in [1.54, 1.807) is 30.3 Å². The molecule has 138 valence electrons. The zero-order chi connectivity index (χ0) is 19.6. The van der Waals surface area contributed by atoms with Gasteiger partial charge in [0.05, 0.1) is 5.56 Å². The molecule has 0 saturated heterocycles. The first-order chi connectivity index (χ1) is 13.4. The second kappa shape index (κ2) is 5.53. The van der Waals surface area contributed by atoms with E-state index in [9.17, 15) is 19.8 Å². The molecule has 1 aliphatic rings. The molecule has 2 N–H and O–H groups in total. The van der Waals surface area contributed by atoms with Crippen LogP contribution in [0.3, 0.4) is 0 Å². The average molecular weight is 372 g/mol. The zero-order valence-corrected chi connectivity index (χ0v) is 15.0. The molecule has 0 unspecified atom stereocenters. The molecule has 1 atom stereocenters. The van der Waals surface area contributed by atoms with Crippen LogP contribution in [0, 0.1) is 0 Å². The van der Waals surface area contributed by atoms with E-state index < -0.39 is 11.4 Å². The van der Waals surface area contributed by atoms with Gasteiger partial charge in [0.2, 0.25) is 5.78 Å². The van der Waals surface area contributed by atoms with Gasteiger partial charge in [0.1, 0.15) is 22.9 Å². The lowest BCUT2D eigenvalue weighted by atomic mass is 9.74. The van der Waals surface area contributed by atoms with Crippen molar-refractivity contribution in [3.8, 4) is 17.1 Å². The van der Waals surface area contributed by atoms with Gasteiger partial charge in [0.25, 0.3) is 0 Å². The lowest BCUT2D eigenvalue weighted by Gasteiger charge is -2.31. The minimum absolute atomic E-state index is 0.0217. The summed E-state index contributed by atoms with van der Waals surface area (Å²) in [5.41, 5.74) is -0.379. The fourth-order valence-electron chi connectivity index (χ4n) is 4.22. The van der Waals surface area contributed by atoms with E-state index in [1.165, 1.54) is 13.0 Å². The maximum absolute atomic E-state index is 13.4. The Morgan fingerprint density at radius 2 is 1.71 bits per heavy atom. The van der Waals surface area contributed by atoms with Crippen LogP contribution >= 0.6 is 0 Å². The number of carbonyl (C=O) groups is 2. The first-order valence-electron chi connectivity index (χ1n) is 8.95. The summed E-state index contributed by atoms with van der Waals surface area (Å²) in [5.74, 6) is -0.520. The summed E-state index contributed by atoms with van der Waals surface area (Å²) in [6.45, 7) is 1.34. The molecule has 0 saturated carbocycles. The van der Waals surface area contributed by atoms with Crippen LogP contribution in [0.1, 0.15) is 29.3 Å². The molecule has 28 heavy (non-hydrogen) atoms. The molecule has 5 rings (SSSR count). The Kier molecular flexibility index (Phi) is 3.30. The van der Waals surface area contributed by atoms with Gasteiger partial charge in [-0.3, -0.25) is 9.59 Å². The maximum Gasteiger partial charge on any atom is 0.203 e. The fourth-order valence-corrected chi connectivity index (χ4v) is 4.22. The third-order valence-electron chi connectivity index (χ3n) is 5.40. The van der Waals surface area contributed by atoms with Crippen LogP contribution in [-0.2, 0) is 10.4 Å². The van der Waals surface area contributed by atoms with E-state index in [0.29, 0.717) is 38.6 Å². The van der Waals surface area contributed by atoms with Crippen LogP contribution in [0.5, 0.6) is 5.75 Å². The van der Waals surface area contributed by atoms with E-state index in [4.69, 9.17) is 4.42 Å². The SMILES string of the molecule is CC(=O)C[C@@]1(O)C(=O)c2c(oc3c2cc(O)c2ccccc23)-c2ccccc21. The topological polar surface area (TPSA) is 87.7 Å². The largest absolute Gasteiger partial charge is 0.507 e. The van der Waals surface area contributed by atoms with Crippen molar-refractivity contribution in [3.05, 3.63) is 65.7 Å². The first kappa shape index (κ1) is 16.7. The number of carbonyl (C=O) groups excluding carboxylic acids is 2. The molecular weight excluding hydrogens is 356 g/mol. The van der Waals surface area contributed by atoms with Crippen LogP contribution in [0.2, 0.25) is 0 Å². The van der Waals surface area contributed by atoms with Crippen LogP contribution in [-0.4, -0.2) is 21.8 Å². The van der Waals surface area contributed by atoms with Crippen molar-refractivity contribution in [1.29, 1.82) is 0 Å². The normalized spacial score (nSPS) is 18.3. The summed E-state index contributed by atoms with van der Waals surface area (Å²) >= 11 is 0. The van der Waals surface area contributed by atoms with Crippen molar-refractivity contribution < 1.29 is 24.2 Å². The van der Waals surface area contributed by atoms with Gasteiger partial charge < -0.3 is 14.6 Å². The molecule has 1 heterocycles. The molecule has 0 aliphatic heterocycles. The number of benzene rings is 3. The number of fused-ring (bicyclic) bond motifs is 7. The van der Waals surface area contributed by atoms with Crippen molar-refractivity contribution in [2.75, 3.05) is 0 Å². The van der Waals surface area contributed by atoms with Gasteiger partial charge in [0.15, 0.2) is 5.60 Å². The van der Waals surface area contributed by atoms with Crippen molar-refractivity contribution in [2.24, 2.45) is 0 Å². The fraction of sp³-hybridized carbons (Fsp3) is 0.130. The summed E-state index contributed by atoms with van der Waals surface area (Å²) < 4.78 is 6.13. The third-order valence-corrected chi connectivity index (χ3v) is 5.40. The number of phenols is 1. The highest BCUT2D eigenvalue weighted by Gasteiger charge is 2.48. The Morgan fingerprint density at radius 3 is 2.46 bits per heavy atom. The predicted octanol–water partition coefficient (Wildman–Crippen LogP) is 4.32. The highest BCUT2D eigenvalue weighted by atomic mass is 16.3. The molecule has 4 aromatic rings. The molecule has 0 amide bonds. The smallest absolute Gasteiger partial charge is 0.203 e. The minimum atomic E-state index is -1.96. The Labute approximate surface area is 159 Å². The van der Waals surface area contributed by atoms with Gasteiger partial charge in [-0.1, -0.05) is 48.5 Å². The number of furan rings is 1. The van der Waals surface area contributed by atoms with Gasteiger partial charge in [-0.15, -0.1) is 0 Å². The molecule has 1 aromatic heterocycles. The molecule has 1 aliphatic carbocycles. The van der Waals surface area contributed by atoms with E-state index in [2.05, 4.69) is 0 Å². The van der Waals surface area contributed by atoms with E-state index in [0.717, 1.165) is 0 Å². The number of hydrogen-bond donors (Lipinski definition) is 2. The lowest BCUT2D eigenvalue weighted by Crippen LogP contribution is -2.40. The number of rotatable bonds is 2. The molecule has 3 aromatic carbocycles. The summed E-state index contributed by atoms with van der Waals surface area (Å²) in [7, 11) is 0. The number of hydrogen-bond acceptors (Lipinski definition) is 5. The van der Waals surface area contributed by atoms with Crippen molar-refractivity contribution in [2.45, 2.75) is 18.9 Å². The number of aromatic hydroxyl groups is 1. The van der Waals surface area contributed by atoms with Gasteiger partial charge in [-0.05, 0) is 13.0 Å². The van der Waals surface area contributed by atoms with Gasteiger partial charge in [0, 0.05) is 33.7 Å². The third kappa shape index (κ3) is 2.05. The summed E-state index contributed by atoms with van der Waals surface area (Å²) in [4.78, 5) is 25.3. The summed E-state index contributed by atoms with van der Waals surface area (Å²) in [6.07, 6.45) is -0.325. The standard InChI is InChI=1S/C23H16O5/c1-12(24)11-23(27)17-9-5-4-8-15(17)21-19(22(23)26)16-10-18(25)13-6-2-3-7-14(13)20(16)28-21/h2-10,25,27H,11H2,1H3/t23-/m0/s1. The van der Waals surface area contributed by atoms with Gasteiger partial charge in [-0.25, -0.2) is 0 Å². The Bertz CT molecular complexity index is 1310. The van der Waals surface area contributed by atoms with Gasteiger partial charge in [-0.2, -0.15) is 0 Å². The molecule has 0 radical (unpaired) electrons. The highest BCUT2D eigenvalue weighted by Crippen LogP contribution is 2.49. The zero-order valence-electron chi connectivity index (χ0n) is 15.0. The summed E-state index contributed by atoms with van der Waals surface area (Å²) in [6, 6.07) is 15.6. The molecule has 0 bridgehead atoms. The van der Waals surface area contributed by atoms with Crippen LogP contribution < -0.4 is 0 Å². The minimum Gasteiger partial charge on any atom is -0.507 e. The number of phenolic OH excluding ortho intramolecular Hbond substituents is 1. The monoisotopic (exact) mass is 372 g/mol. The quantitative estimate of drug-likeness (QED) is 0.547. The molecular formula is C23H16O5. The van der Waals surface area contributed by atoms with Crippen LogP contribution in [0.4, 0.5) is 0 Å². The molecule has 0 fully saturated rings. The van der Waals surface area contributed by atoms with Crippen molar-refractivity contribution in [3.63, 3.8) is 0 Å².